The van der Waals surface area contributed by atoms with Gasteiger partial charge in [-0.3, -0.25) is 0 Å². The van der Waals surface area contributed by atoms with Crippen LogP contribution in [0.15, 0.2) is 21.2 Å². The standard InChI is InChI=1S/C25H42ClINOP/c1-13-29-22(27)21(16(2)3)30(26)28-20-18(24(7,8)9)14-17(23(4,5)6)15-19(20)25(10,11)12/h14-16,28H,13H2,1-12H3/b22-21-. The predicted molar refractivity (Wildman–Crippen MR) is 146 cm³/mol. The van der Waals surface area contributed by atoms with Crippen LogP contribution in [-0.2, 0) is 21.0 Å². The van der Waals surface area contributed by atoms with Crippen LogP contribution in [0, 0.1) is 5.92 Å². The number of hydrogen-bond acceptors (Lipinski definition) is 2. The molecule has 1 aromatic rings. The van der Waals surface area contributed by atoms with Crippen molar-refractivity contribution in [3.05, 3.63) is 37.9 Å². The van der Waals surface area contributed by atoms with Crippen molar-refractivity contribution in [2.75, 3.05) is 11.7 Å². The molecule has 1 unspecified atom stereocenters. The summed E-state index contributed by atoms with van der Waals surface area (Å²) in [4.78, 5) is 0. The van der Waals surface area contributed by atoms with Crippen molar-refractivity contribution in [3.63, 3.8) is 0 Å². The lowest BCUT2D eigenvalue weighted by Crippen LogP contribution is -2.23. The number of allylic oxidation sites excluding steroid dienone is 1. The number of benzene rings is 1. The van der Waals surface area contributed by atoms with E-state index in [0.29, 0.717) is 12.5 Å². The summed E-state index contributed by atoms with van der Waals surface area (Å²) in [6, 6.07) is 4.76. The molecule has 1 aromatic carbocycles. The molecule has 0 saturated heterocycles. The molecular formula is C25H42ClINOP. The highest BCUT2D eigenvalue weighted by Gasteiger charge is 2.31. The third kappa shape index (κ3) is 7.27. The lowest BCUT2D eigenvalue weighted by Gasteiger charge is -2.35. The van der Waals surface area contributed by atoms with Gasteiger partial charge in [0.15, 0.2) is 3.77 Å². The summed E-state index contributed by atoms with van der Waals surface area (Å²) in [5.74, 6) is 0.310. The van der Waals surface area contributed by atoms with E-state index in [1.807, 2.05) is 6.92 Å². The molecule has 0 heterocycles. The van der Waals surface area contributed by atoms with Crippen LogP contribution in [0.1, 0.15) is 99.8 Å². The number of nitrogens with one attached hydrogen (secondary N) is 1. The Morgan fingerprint density at radius 2 is 1.40 bits per heavy atom. The van der Waals surface area contributed by atoms with Crippen molar-refractivity contribution in [3.8, 4) is 0 Å². The zero-order chi connectivity index (χ0) is 23.7. The molecule has 1 N–H and O–H groups in total. The number of ether oxygens (including phenoxy) is 1. The molecule has 2 nitrogen and oxygen atoms in total. The van der Waals surface area contributed by atoms with E-state index in [-0.39, 0.29) is 16.2 Å². The fraction of sp³-hybridized carbons (Fsp3) is 0.680. The summed E-state index contributed by atoms with van der Waals surface area (Å²) in [6.07, 6.45) is 0. The topological polar surface area (TPSA) is 21.3 Å². The highest BCUT2D eigenvalue weighted by Crippen LogP contribution is 2.57. The molecule has 172 valence electrons. The van der Waals surface area contributed by atoms with E-state index in [4.69, 9.17) is 16.0 Å². The minimum absolute atomic E-state index is 0.00849. The Labute approximate surface area is 205 Å². The number of anilines is 1. The molecule has 0 saturated carbocycles. The van der Waals surface area contributed by atoms with Gasteiger partial charge in [-0.25, -0.2) is 0 Å². The second-order valence-corrected chi connectivity index (χ2v) is 14.6. The normalized spacial score (nSPS) is 15.2. The average molecular weight is 566 g/mol. The fourth-order valence-electron chi connectivity index (χ4n) is 3.27. The van der Waals surface area contributed by atoms with E-state index in [1.54, 1.807) is 0 Å². The third-order valence-corrected chi connectivity index (χ3v) is 8.74. The maximum Gasteiger partial charge on any atom is 0.163 e. The third-order valence-electron chi connectivity index (χ3n) is 5.06. The van der Waals surface area contributed by atoms with Gasteiger partial charge in [-0.1, -0.05) is 99.5 Å². The Morgan fingerprint density at radius 3 is 1.70 bits per heavy atom. The first-order chi connectivity index (χ1) is 13.4. The molecule has 0 aromatic heterocycles. The van der Waals surface area contributed by atoms with Gasteiger partial charge in [-0.05, 0) is 68.4 Å². The summed E-state index contributed by atoms with van der Waals surface area (Å²) >= 11 is 9.38. The molecule has 0 fully saturated rings. The van der Waals surface area contributed by atoms with Crippen molar-refractivity contribution in [1.29, 1.82) is 0 Å². The molecule has 0 spiro atoms. The molecular weight excluding hydrogens is 524 g/mol. The average Bonchev–Trinajstić information content (AvgIpc) is 2.51. The van der Waals surface area contributed by atoms with Gasteiger partial charge in [0.25, 0.3) is 0 Å². The van der Waals surface area contributed by atoms with Gasteiger partial charge >= 0.3 is 0 Å². The minimum Gasteiger partial charge on any atom is -0.488 e. The van der Waals surface area contributed by atoms with Gasteiger partial charge in [0.2, 0.25) is 0 Å². The molecule has 30 heavy (non-hydrogen) atoms. The van der Waals surface area contributed by atoms with E-state index in [1.165, 1.54) is 22.4 Å². The molecule has 0 radical (unpaired) electrons. The lowest BCUT2D eigenvalue weighted by atomic mass is 9.74. The van der Waals surface area contributed by atoms with Crippen molar-refractivity contribution >= 4 is 46.9 Å². The monoisotopic (exact) mass is 565 g/mol. The number of rotatable bonds is 6. The lowest BCUT2D eigenvalue weighted by molar-refractivity contribution is 0.260. The molecule has 5 heteroatoms. The second-order valence-electron chi connectivity index (χ2n) is 11.3. The number of halogens is 2. The van der Waals surface area contributed by atoms with E-state index in [9.17, 15) is 0 Å². The Kier molecular flexibility index (Phi) is 9.63. The van der Waals surface area contributed by atoms with Crippen LogP contribution in [-0.4, -0.2) is 6.61 Å². The predicted octanol–water partition coefficient (Wildman–Crippen LogP) is 9.84. The Hall–Kier alpha value is 0.0100. The zero-order valence-electron chi connectivity index (χ0n) is 21.1. The van der Waals surface area contributed by atoms with E-state index >= 15 is 0 Å². The maximum atomic E-state index is 7.09. The van der Waals surface area contributed by atoms with Crippen LogP contribution >= 0.6 is 41.3 Å². The largest absolute Gasteiger partial charge is 0.488 e. The summed E-state index contributed by atoms with van der Waals surface area (Å²) in [5.41, 5.74) is 5.26. The van der Waals surface area contributed by atoms with Crippen molar-refractivity contribution in [1.82, 2.24) is 0 Å². The molecule has 0 amide bonds. The highest BCUT2D eigenvalue weighted by atomic mass is 127. The summed E-state index contributed by atoms with van der Waals surface area (Å²) in [7, 11) is -1.11. The molecule has 0 aliphatic carbocycles. The first-order valence-electron chi connectivity index (χ1n) is 10.9. The zero-order valence-corrected chi connectivity index (χ0v) is 24.9. The highest BCUT2D eigenvalue weighted by molar-refractivity contribution is 14.1. The molecule has 0 bridgehead atoms. The van der Waals surface area contributed by atoms with Crippen molar-refractivity contribution in [2.45, 2.75) is 99.3 Å². The maximum absolute atomic E-state index is 7.09. The summed E-state index contributed by atoms with van der Waals surface area (Å²) < 4.78 is 6.76. The minimum atomic E-state index is -1.11. The van der Waals surface area contributed by atoms with Gasteiger partial charge in [0.05, 0.1) is 6.61 Å². The fourth-order valence-corrected chi connectivity index (χ4v) is 7.65. The van der Waals surface area contributed by atoms with Crippen LogP contribution in [0.25, 0.3) is 0 Å². The number of hydrogen-bond donors (Lipinski definition) is 1. The van der Waals surface area contributed by atoms with Gasteiger partial charge in [-0.2, -0.15) is 0 Å². The van der Waals surface area contributed by atoms with Gasteiger partial charge < -0.3 is 9.82 Å². The van der Waals surface area contributed by atoms with Crippen LogP contribution < -0.4 is 5.09 Å². The molecule has 0 aliphatic rings. The summed E-state index contributed by atoms with van der Waals surface area (Å²) in [5, 5.41) is 4.94. The van der Waals surface area contributed by atoms with E-state index in [0.717, 1.165) is 9.08 Å². The first-order valence-corrected chi connectivity index (χ1v) is 14.2. The first kappa shape index (κ1) is 28.0. The van der Waals surface area contributed by atoms with Gasteiger partial charge in [-0.15, -0.1) is 0 Å². The van der Waals surface area contributed by atoms with E-state index < -0.39 is 7.43 Å². The second kappa shape index (κ2) is 10.3. The van der Waals surface area contributed by atoms with Gasteiger partial charge in [0, 0.05) is 11.0 Å². The van der Waals surface area contributed by atoms with Crippen LogP contribution in [0.3, 0.4) is 0 Å². The SMILES string of the molecule is CCO/C(I)=C(/C(C)C)P(Cl)Nc1c(C(C)(C)C)cc(C(C)(C)C)cc1C(C)(C)C. The van der Waals surface area contributed by atoms with Crippen LogP contribution in [0.4, 0.5) is 5.69 Å². The summed E-state index contributed by atoms with van der Waals surface area (Å²) in [6.45, 7) is 27.6. The molecule has 1 rings (SSSR count). The van der Waals surface area contributed by atoms with Gasteiger partial charge in [0.1, 0.15) is 7.43 Å². The van der Waals surface area contributed by atoms with Crippen molar-refractivity contribution in [2.24, 2.45) is 5.92 Å². The van der Waals surface area contributed by atoms with Crippen LogP contribution in [0.5, 0.6) is 0 Å². The molecule has 1 atom stereocenters. The molecule has 0 aliphatic heterocycles. The Balaban J connectivity index is 3.77. The van der Waals surface area contributed by atoms with Crippen molar-refractivity contribution < 1.29 is 4.74 Å². The van der Waals surface area contributed by atoms with Crippen LogP contribution in [0.2, 0.25) is 0 Å². The quantitative estimate of drug-likeness (QED) is 0.210. The van der Waals surface area contributed by atoms with E-state index in [2.05, 4.69) is 116 Å². The smallest absolute Gasteiger partial charge is 0.163 e. The Morgan fingerprint density at radius 1 is 0.967 bits per heavy atom. The Bertz CT molecular complexity index is 732.